The molecule has 4 heterocycles. The van der Waals surface area contributed by atoms with Crippen molar-refractivity contribution in [1.29, 1.82) is 5.26 Å². The van der Waals surface area contributed by atoms with Gasteiger partial charge >= 0.3 is 6.03 Å². The van der Waals surface area contributed by atoms with Crippen molar-refractivity contribution in [2.75, 3.05) is 28.2 Å². The van der Waals surface area contributed by atoms with Crippen LogP contribution in [0.5, 0.6) is 11.5 Å². The number of hydrogen-bond acceptors (Lipinski definition) is 7. The van der Waals surface area contributed by atoms with Gasteiger partial charge in [-0.1, -0.05) is 29.5 Å². The number of hydrogen-bond donors (Lipinski definition) is 2. The lowest BCUT2D eigenvalue weighted by Gasteiger charge is -2.30. The lowest BCUT2D eigenvalue weighted by molar-refractivity contribution is -0.122. The van der Waals surface area contributed by atoms with Gasteiger partial charge < -0.3 is 15.4 Å². The van der Waals surface area contributed by atoms with E-state index in [1.165, 1.54) is 11.3 Å². The molecule has 9 nitrogen and oxygen atoms in total. The standard InChI is InChI=1S/C28H24N6O3S/c1-17-14-20(37-19-7-3-2-4-8-19)9-10-21(17)34-22-11-13-31-25-23(22)24(32-28(34)36)27(38-25)33(16-29)26(35)18-6-5-12-30-15-18/h2-4,7-11,13-14,18,30H,5-6,12,15H2,1H3,(H,32,36). The molecule has 38 heavy (non-hydrogen) atoms. The molecule has 3 amide bonds. The van der Waals surface area contributed by atoms with Crippen LogP contribution in [0.3, 0.4) is 0 Å². The van der Waals surface area contributed by atoms with E-state index >= 15 is 0 Å². The normalized spacial score (nSPS) is 16.6. The fourth-order valence-electron chi connectivity index (χ4n) is 4.97. The molecule has 1 fully saturated rings. The van der Waals surface area contributed by atoms with Gasteiger partial charge in [-0.15, -0.1) is 0 Å². The summed E-state index contributed by atoms with van der Waals surface area (Å²) in [4.78, 5) is 34.6. The Morgan fingerprint density at radius 1 is 1.18 bits per heavy atom. The first-order valence-electron chi connectivity index (χ1n) is 12.4. The van der Waals surface area contributed by atoms with Crippen molar-refractivity contribution in [3.05, 3.63) is 66.4 Å². The van der Waals surface area contributed by atoms with E-state index in [0.717, 1.165) is 35.6 Å². The highest BCUT2D eigenvalue weighted by Crippen LogP contribution is 2.50. The molecule has 2 aliphatic rings. The number of ether oxygens (including phenoxy) is 1. The first kappa shape index (κ1) is 23.9. The molecule has 10 heteroatoms. The number of rotatable bonds is 5. The lowest BCUT2D eigenvalue weighted by Crippen LogP contribution is -2.41. The Balaban J connectivity index is 1.38. The smallest absolute Gasteiger partial charge is 0.331 e. The zero-order chi connectivity index (χ0) is 26.2. The SMILES string of the molecule is Cc1cc(Oc2ccccc2)ccc1N1C(=O)Nc2c(N(C#N)C(=O)C3CCCNC3)sc3nccc1c23. The summed E-state index contributed by atoms with van der Waals surface area (Å²) < 4.78 is 5.96. The van der Waals surface area contributed by atoms with E-state index in [2.05, 4.69) is 15.6 Å². The number of anilines is 4. The number of nitrogens with zero attached hydrogens (tertiary/aromatic N) is 4. The zero-order valence-corrected chi connectivity index (χ0v) is 21.4. The van der Waals surface area contributed by atoms with Crippen molar-refractivity contribution in [3.63, 3.8) is 0 Å². The second-order valence-electron chi connectivity index (χ2n) is 9.24. The monoisotopic (exact) mass is 524 g/mol. The molecule has 2 aromatic carbocycles. The van der Waals surface area contributed by atoms with Crippen LogP contribution in [0.1, 0.15) is 18.4 Å². The molecule has 2 N–H and O–H groups in total. The van der Waals surface area contributed by atoms with Gasteiger partial charge in [-0.25, -0.2) is 14.7 Å². The molecule has 0 radical (unpaired) electrons. The van der Waals surface area contributed by atoms with Crippen molar-refractivity contribution in [1.82, 2.24) is 10.3 Å². The van der Waals surface area contributed by atoms with Crippen molar-refractivity contribution in [2.45, 2.75) is 19.8 Å². The predicted molar refractivity (Wildman–Crippen MR) is 147 cm³/mol. The van der Waals surface area contributed by atoms with Gasteiger partial charge in [0.15, 0.2) is 6.19 Å². The molecule has 4 aromatic rings. The van der Waals surface area contributed by atoms with E-state index in [9.17, 15) is 14.9 Å². The molecule has 0 saturated carbocycles. The maximum atomic E-state index is 13.5. The molecule has 1 atom stereocenters. The average molecular weight is 525 g/mol. The highest BCUT2D eigenvalue weighted by Gasteiger charge is 2.36. The molecule has 0 spiro atoms. The van der Waals surface area contributed by atoms with Crippen LogP contribution < -0.4 is 25.2 Å². The van der Waals surface area contributed by atoms with Crippen LogP contribution in [0.4, 0.5) is 26.9 Å². The van der Waals surface area contributed by atoms with Crippen LogP contribution in [-0.2, 0) is 4.79 Å². The summed E-state index contributed by atoms with van der Waals surface area (Å²) in [7, 11) is 0. The van der Waals surface area contributed by atoms with Gasteiger partial charge in [-0.3, -0.25) is 9.69 Å². The lowest BCUT2D eigenvalue weighted by atomic mass is 9.98. The summed E-state index contributed by atoms with van der Waals surface area (Å²) in [6, 6.07) is 16.4. The second-order valence-corrected chi connectivity index (χ2v) is 10.2. The number of nitriles is 1. The number of carbonyl (C=O) groups excluding carboxylic acids is 2. The Hall–Kier alpha value is -4.46. The van der Waals surface area contributed by atoms with Crippen molar-refractivity contribution in [2.24, 2.45) is 5.92 Å². The van der Waals surface area contributed by atoms with Crippen LogP contribution in [0, 0.1) is 24.3 Å². The summed E-state index contributed by atoms with van der Waals surface area (Å²) in [6.45, 7) is 3.31. The van der Waals surface area contributed by atoms with Crippen LogP contribution >= 0.6 is 11.3 Å². The average Bonchev–Trinajstić information content (AvgIpc) is 3.30. The maximum Gasteiger partial charge on any atom is 0.331 e. The Morgan fingerprint density at radius 3 is 2.76 bits per heavy atom. The van der Waals surface area contributed by atoms with Gasteiger partial charge in [-0.05, 0) is 68.3 Å². The summed E-state index contributed by atoms with van der Waals surface area (Å²) in [6.07, 6.45) is 5.28. The summed E-state index contributed by atoms with van der Waals surface area (Å²) >= 11 is 1.22. The Kier molecular flexibility index (Phi) is 6.15. The number of para-hydroxylation sites is 1. The minimum atomic E-state index is -0.380. The van der Waals surface area contributed by atoms with Gasteiger partial charge in [0.1, 0.15) is 21.3 Å². The molecule has 2 aliphatic heterocycles. The second kappa shape index (κ2) is 9.78. The van der Waals surface area contributed by atoms with E-state index < -0.39 is 0 Å². The molecule has 190 valence electrons. The molecule has 1 unspecified atom stereocenters. The number of thiophene rings is 1. The van der Waals surface area contributed by atoms with Gasteiger partial charge in [0.2, 0.25) is 5.91 Å². The van der Waals surface area contributed by atoms with Gasteiger partial charge in [0.25, 0.3) is 0 Å². The van der Waals surface area contributed by atoms with Crippen LogP contribution in [0.2, 0.25) is 0 Å². The molecular weight excluding hydrogens is 500 g/mol. The van der Waals surface area contributed by atoms with Crippen LogP contribution in [-0.4, -0.2) is 30.0 Å². The van der Waals surface area contributed by atoms with E-state index in [1.807, 2.05) is 61.6 Å². The Bertz CT molecular complexity index is 1590. The van der Waals surface area contributed by atoms with Gasteiger partial charge in [0.05, 0.1) is 28.4 Å². The van der Waals surface area contributed by atoms with Gasteiger partial charge in [-0.2, -0.15) is 5.26 Å². The first-order valence-corrected chi connectivity index (χ1v) is 13.2. The molecular formula is C28H24N6O3S. The molecule has 6 rings (SSSR count). The molecule has 2 aromatic heterocycles. The van der Waals surface area contributed by atoms with Crippen LogP contribution in [0.15, 0.2) is 60.8 Å². The molecule has 0 bridgehead atoms. The van der Waals surface area contributed by atoms with E-state index in [-0.39, 0.29) is 17.9 Å². The number of carbonyl (C=O) groups is 2. The zero-order valence-electron chi connectivity index (χ0n) is 20.6. The summed E-state index contributed by atoms with van der Waals surface area (Å²) in [5, 5.41) is 17.2. The van der Waals surface area contributed by atoms with E-state index in [4.69, 9.17) is 4.74 Å². The first-order chi connectivity index (χ1) is 18.5. The quantitative estimate of drug-likeness (QED) is 0.249. The van der Waals surface area contributed by atoms with Crippen LogP contribution in [0.25, 0.3) is 10.2 Å². The number of piperidine rings is 1. The van der Waals surface area contributed by atoms with Crippen molar-refractivity contribution >= 4 is 55.6 Å². The van der Waals surface area contributed by atoms with Crippen molar-refractivity contribution < 1.29 is 14.3 Å². The molecule has 0 aliphatic carbocycles. The summed E-state index contributed by atoms with van der Waals surface area (Å²) in [5.41, 5.74) is 2.61. The third-order valence-corrected chi connectivity index (χ3v) is 7.87. The molecule has 1 saturated heterocycles. The highest BCUT2D eigenvalue weighted by molar-refractivity contribution is 7.23. The maximum absolute atomic E-state index is 13.5. The highest BCUT2D eigenvalue weighted by atomic mass is 32.1. The van der Waals surface area contributed by atoms with Crippen molar-refractivity contribution in [3.8, 4) is 17.7 Å². The minimum Gasteiger partial charge on any atom is -0.457 e. The number of pyridine rings is 1. The minimum absolute atomic E-state index is 0.273. The predicted octanol–water partition coefficient (Wildman–Crippen LogP) is 5.89. The van der Waals surface area contributed by atoms with E-state index in [1.54, 1.807) is 17.2 Å². The van der Waals surface area contributed by atoms with E-state index in [0.29, 0.717) is 44.6 Å². The Morgan fingerprint density at radius 2 is 2.03 bits per heavy atom. The third-order valence-electron chi connectivity index (χ3n) is 6.79. The topological polar surface area (TPSA) is 111 Å². The largest absolute Gasteiger partial charge is 0.457 e. The third kappa shape index (κ3) is 4.12. The number of urea groups is 1. The number of benzene rings is 2. The van der Waals surface area contributed by atoms with Gasteiger partial charge in [0, 0.05) is 12.7 Å². The number of aromatic nitrogens is 1. The summed E-state index contributed by atoms with van der Waals surface area (Å²) in [5.74, 6) is 0.824. The number of aryl methyl sites for hydroxylation is 1. The number of amides is 3. The fraction of sp³-hybridized carbons (Fsp3) is 0.214. The Labute approximate surface area is 223 Å². The number of nitrogens with one attached hydrogen (secondary N) is 2. The fourth-order valence-corrected chi connectivity index (χ4v) is 6.06.